The zero-order valence-electron chi connectivity index (χ0n) is 11.2. The third kappa shape index (κ3) is 3.46. The number of alkyl halides is 1. The molecular formula is C11H20ClN3O2S. The molecule has 0 spiro atoms. The van der Waals surface area contributed by atoms with Crippen molar-refractivity contribution in [2.75, 3.05) is 5.88 Å². The molecular weight excluding hydrogens is 274 g/mol. The molecule has 1 rings (SSSR count). The van der Waals surface area contributed by atoms with Crippen molar-refractivity contribution in [2.24, 2.45) is 7.05 Å². The van der Waals surface area contributed by atoms with E-state index < -0.39 is 15.6 Å². The summed E-state index contributed by atoms with van der Waals surface area (Å²) in [5, 5.41) is 0.0525. The van der Waals surface area contributed by atoms with Crippen LogP contribution in [0.3, 0.4) is 0 Å². The maximum atomic E-state index is 12.2. The van der Waals surface area contributed by atoms with Crippen LogP contribution in [0.2, 0.25) is 0 Å². The van der Waals surface area contributed by atoms with Crippen molar-refractivity contribution in [1.82, 2.24) is 14.3 Å². The molecule has 18 heavy (non-hydrogen) atoms. The molecule has 5 nitrogen and oxygen atoms in total. The molecule has 0 bridgehead atoms. The van der Waals surface area contributed by atoms with Crippen LogP contribution in [0.25, 0.3) is 0 Å². The first-order valence-electron chi connectivity index (χ1n) is 5.84. The molecule has 0 fully saturated rings. The van der Waals surface area contributed by atoms with E-state index in [1.165, 1.54) is 6.20 Å². The maximum Gasteiger partial charge on any atom is 0.260 e. The van der Waals surface area contributed by atoms with E-state index >= 15 is 0 Å². The standard InChI is InChI=1S/C11H20ClN3O2S/c1-5-11(3,6-7-12)14-18(16,17)10-8-15(4)9(2)13-10/h8,14H,5-7H2,1-4H3. The van der Waals surface area contributed by atoms with E-state index in [1.807, 2.05) is 13.8 Å². The molecule has 1 aromatic heterocycles. The summed E-state index contributed by atoms with van der Waals surface area (Å²) >= 11 is 5.71. The summed E-state index contributed by atoms with van der Waals surface area (Å²) in [6.07, 6.45) is 2.76. The number of aryl methyl sites for hydroxylation is 2. The van der Waals surface area contributed by atoms with Gasteiger partial charge in [0.05, 0.1) is 0 Å². The zero-order chi connectivity index (χ0) is 14.0. The van der Waals surface area contributed by atoms with E-state index in [0.29, 0.717) is 24.5 Å². The van der Waals surface area contributed by atoms with Gasteiger partial charge in [0.1, 0.15) is 5.82 Å². The van der Waals surface area contributed by atoms with Gasteiger partial charge in [-0.25, -0.2) is 18.1 Å². The summed E-state index contributed by atoms with van der Waals surface area (Å²) in [7, 11) is -1.83. The van der Waals surface area contributed by atoms with Crippen LogP contribution in [0.15, 0.2) is 11.2 Å². The Hall–Kier alpha value is -0.590. The minimum atomic E-state index is -3.59. The van der Waals surface area contributed by atoms with Gasteiger partial charge in [-0.15, -0.1) is 11.6 Å². The lowest BCUT2D eigenvalue weighted by Gasteiger charge is -2.27. The van der Waals surface area contributed by atoms with Crippen LogP contribution in [-0.4, -0.2) is 29.4 Å². The number of hydrogen-bond donors (Lipinski definition) is 1. The van der Waals surface area contributed by atoms with Crippen LogP contribution >= 0.6 is 11.6 Å². The molecule has 0 aliphatic heterocycles. The van der Waals surface area contributed by atoms with Crippen molar-refractivity contribution >= 4 is 21.6 Å². The van der Waals surface area contributed by atoms with Gasteiger partial charge in [0.25, 0.3) is 10.0 Å². The maximum absolute atomic E-state index is 12.2. The summed E-state index contributed by atoms with van der Waals surface area (Å²) in [5.74, 6) is 1.07. The van der Waals surface area contributed by atoms with Gasteiger partial charge in [0.15, 0.2) is 5.03 Å². The largest absolute Gasteiger partial charge is 0.337 e. The number of rotatable bonds is 6. The Balaban J connectivity index is 3.01. The molecule has 0 aliphatic rings. The predicted molar refractivity (Wildman–Crippen MR) is 72.3 cm³/mol. The highest BCUT2D eigenvalue weighted by Crippen LogP contribution is 2.19. The number of halogens is 1. The first-order valence-corrected chi connectivity index (χ1v) is 7.86. The molecule has 0 aliphatic carbocycles. The van der Waals surface area contributed by atoms with Crippen LogP contribution < -0.4 is 4.72 Å². The van der Waals surface area contributed by atoms with Crippen LogP contribution in [0.1, 0.15) is 32.5 Å². The van der Waals surface area contributed by atoms with Crippen LogP contribution in [0.5, 0.6) is 0 Å². The molecule has 7 heteroatoms. The molecule has 1 atom stereocenters. The molecule has 1 aromatic rings. The van der Waals surface area contributed by atoms with Crippen molar-refractivity contribution in [3.63, 3.8) is 0 Å². The second-order valence-corrected chi connectivity index (χ2v) is 6.70. The molecule has 0 amide bonds. The molecule has 0 saturated heterocycles. The van der Waals surface area contributed by atoms with Crippen LogP contribution in [0, 0.1) is 6.92 Å². The van der Waals surface area contributed by atoms with Gasteiger partial charge in [-0.2, -0.15) is 0 Å². The van der Waals surface area contributed by atoms with E-state index in [1.54, 1.807) is 18.5 Å². The lowest BCUT2D eigenvalue weighted by molar-refractivity contribution is 0.390. The number of imidazole rings is 1. The van der Waals surface area contributed by atoms with Crippen molar-refractivity contribution in [1.29, 1.82) is 0 Å². The fraction of sp³-hybridized carbons (Fsp3) is 0.727. The van der Waals surface area contributed by atoms with Crippen LogP contribution in [-0.2, 0) is 17.1 Å². The van der Waals surface area contributed by atoms with E-state index in [4.69, 9.17) is 11.6 Å². The van der Waals surface area contributed by atoms with Gasteiger partial charge in [-0.1, -0.05) is 6.92 Å². The summed E-state index contributed by atoms with van der Waals surface area (Å²) in [5.41, 5.74) is -0.536. The Morgan fingerprint density at radius 2 is 2.17 bits per heavy atom. The second kappa shape index (κ2) is 5.59. The third-order valence-electron chi connectivity index (χ3n) is 3.17. The van der Waals surface area contributed by atoms with E-state index in [2.05, 4.69) is 9.71 Å². The first-order chi connectivity index (χ1) is 8.24. The minimum absolute atomic E-state index is 0.0525. The smallest absolute Gasteiger partial charge is 0.260 e. The Labute approximate surface area is 114 Å². The van der Waals surface area contributed by atoms with Crippen molar-refractivity contribution in [2.45, 2.75) is 44.2 Å². The fourth-order valence-electron chi connectivity index (χ4n) is 1.54. The molecule has 0 radical (unpaired) electrons. The van der Waals surface area contributed by atoms with Gasteiger partial charge in [-0.05, 0) is 26.7 Å². The van der Waals surface area contributed by atoms with Gasteiger partial charge in [0, 0.05) is 24.7 Å². The fourth-order valence-corrected chi connectivity index (χ4v) is 3.51. The van der Waals surface area contributed by atoms with Gasteiger partial charge in [0.2, 0.25) is 0 Å². The number of nitrogens with one attached hydrogen (secondary N) is 1. The summed E-state index contributed by atoms with van der Waals surface area (Å²) < 4.78 is 28.8. The molecule has 1 N–H and O–H groups in total. The molecule has 1 unspecified atom stereocenters. The highest BCUT2D eigenvalue weighted by molar-refractivity contribution is 7.89. The Bertz CT molecular complexity index is 493. The Morgan fingerprint density at radius 1 is 1.56 bits per heavy atom. The van der Waals surface area contributed by atoms with E-state index in [0.717, 1.165) is 0 Å². The minimum Gasteiger partial charge on any atom is -0.337 e. The average Bonchev–Trinajstić information content (AvgIpc) is 2.60. The van der Waals surface area contributed by atoms with Crippen molar-refractivity contribution in [3.8, 4) is 0 Å². The molecule has 0 saturated carbocycles. The monoisotopic (exact) mass is 293 g/mol. The van der Waals surface area contributed by atoms with Crippen molar-refractivity contribution < 1.29 is 8.42 Å². The van der Waals surface area contributed by atoms with Gasteiger partial charge < -0.3 is 4.57 Å². The van der Waals surface area contributed by atoms with Crippen LogP contribution in [0.4, 0.5) is 0 Å². The number of sulfonamides is 1. The third-order valence-corrected chi connectivity index (χ3v) is 4.87. The molecule has 104 valence electrons. The van der Waals surface area contributed by atoms with E-state index in [-0.39, 0.29) is 5.03 Å². The second-order valence-electron chi connectivity index (χ2n) is 4.70. The summed E-state index contributed by atoms with van der Waals surface area (Å²) in [4.78, 5) is 4.04. The average molecular weight is 294 g/mol. The molecule has 0 aromatic carbocycles. The lowest BCUT2D eigenvalue weighted by atomic mass is 9.97. The Kier molecular flexibility index (Phi) is 4.80. The predicted octanol–water partition coefficient (Wildman–Crippen LogP) is 1.80. The number of aromatic nitrogens is 2. The quantitative estimate of drug-likeness (QED) is 0.814. The van der Waals surface area contributed by atoms with Gasteiger partial charge in [-0.3, -0.25) is 0 Å². The topological polar surface area (TPSA) is 64.0 Å². The highest BCUT2D eigenvalue weighted by atomic mass is 35.5. The van der Waals surface area contributed by atoms with Crippen molar-refractivity contribution in [3.05, 3.63) is 12.0 Å². The normalized spacial score (nSPS) is 15.6. The Morgan fingerprint density at radius 3 is 2.56 bits per heavy atom. The summed E-state index contributed by atoms with van der Waals surface area (Å²) in [6, 6.07) is 0. The highest BCUT2D eigenvalue weighted by Gasteiger charge is 2.30. The number of nitrogens with zero attached hydrogens (tertiary/aromatic N) is 2. The zero-order valence-corrected chi connectivity index (χ0v) is 12.8. The molecule has 1 heterocycles. The number of hydrogen-bond acceptors (Lipinski definition) is 3. The summed E-state index contributed by atoms with van der Waals surface area (Å²) in [6.45, 7) is 5.54. The first kappa shape index (κ1) is 15.5. The van der Waals surface area contributed by atoms with E-state index in [9.17, 15) is 8.42 Å². The lowest BCUT2D eigenvalue weighted by Crippen LogP contribution is -2.45. The SMILES string of the molecule is CCC(C)(CCCl)NS(=O)(=O)c1cn(C)c(C)n1. The van der Waals surface area contributed by atoms with Gasteiger partial charge >= 0.3 is 0 Å².